The van der Waals surface area contributed by atoms with E-state index < -0.39 is 14.9 Å². The molecule has 2 aliphatic rings. The number of halogens is 1. The van der Waals surface area contributed by atoms with Gasteiger partial charge in [-0.2, -0.15) is 0 Å². The van der Waals surface area contributed by atoms with E-state index in [4.69, 9.17) is 0 Å². The summed E-state index contributed by atoms with van der Waals surface area (Å²) in [5.74, 6) is 0.783. The van der Waals surface area contributed by atoms with E-state index in [1.807, 2.05) is 62.6 Å². The number of nitro benzene ring substituents is 1. The molecule has 2 heterocycles. The van der Waals surface area contributed by atoms with Gasteiger partial charge in [0.1, 0.15) is 12.0 Å². The number of nitro groups is 1. The molecule has 3 aromatic carbocycles. The summed E-state index contributed by atoms with van der Waals surface area (Å²) < 4.78 is 31.3. The standard InChI is InChI=1S/C37H45BrN8O4S2/c1-43(2)17-16-28(25-51-30-9-4-3-5-10-30)41-34-15-13-31(23-36(34)46(47)48)52(49,50)42-37-32-14-12-29(22-35(32)39-26-40-37)45-20-18-44(19-21-45)24-27-8-6-7-11-33(27)38/h3-5,9-10,12-15,22-23,26,28,41H,6-8,11,16-21,24-25H2,1-2H3,(H,39,40,42). The van der Waals surface area contributed by atoms with Crippen molar-refractivity contribution in [2.24, 2.45) is 0 Å². The van der Waals surface area contributed by atoms with Gasteiger partial charge in [0, 0.05) is 66.6 Å². The average molecular weight is 810 g/mol. The number of fused-ring (bicyclic) bond motifs is 1. The first-order valence-electron chi connectivity index (χ1n) is 17.5. The van der Waals surface area contributed by atoms with Gasteiger partial charge in [0.25, 0.3) is 15.7 Å². The SMILES string of the molecule is CN(C)CCC(CSc1ccccc1)Nc1ccc(S(=O)(=O)Nc2ncnc3cc(N4CCN(CC5=C(Br)CCCC5)CC4)ccc23)cc1[N+](=O)[O-]. The zero-order valence-corrected chi connectivity index (χ0v) is 32.7. The fourth-order valence-corrected chi connectivity index (χ4v) is 9.18. The minimum absolute atomic E-state index is 0.102. The van der Waals surface area contributed by atoms with Crippen LogP contribution in [0.1, 0.15) is 32.1 Å². The summed E-state index contributed by atoms with van der Waals surface area (Å²) in [7, 11) is -0.273. The molecule has 52 heavy (non-hydrogen) atoms. The van der Waals surface area contributed by atoms with Crippen molar-refractivity contribution in [1.82, 2.24) is 19.8 Å². The highest BCUT2D eigenvalue weighted by Crippen LogP contribution is 2.33. The molecule has 276 valence electrons. The van der Waals surface area contributed by atoms with Crippen LogP contribution in [0.5, 0.6) is 0 Å². The lowest BCUT2D eigenvalue weighted by atomic mass is 9.99. The Kier molecular flexibility index (Phi) is 12.7. The zero-order valence-electron chi connectivity index (χ0n) is 29.5. The molecule has 1 aromatic heterocycles. The van der Waals surface area contributed by atoms with Gasteiger partial charge in [-0.05, 0) is 105 Å². The number of thioether (sulfide) groups is 1. The van der Waals surface area contributed by atoms with Gasteiger partial charge in [0.2, 0.25) is 0 Å². The van der Waals surface area contributed by atoms with Crippen molar-refractivity contribution in [1.29, 1.82) is 0 Å². The summed E-state index contributed by atoms with van der Waals surface area (Å²) in [5.41, 5.74) is 3.09. The van der Waals surface area contributed by atoms with Crippen molar-refractivity contribution in [3.8, 4) is 0 Å². The zero-order chi connectivity index (χ0) is 36.7. The van der Waals surface area contributed by atoms with Gasteiger partial charge in [0.05, 0.1) is 15.3 Å². The highest BCUT2D eigenvalue weighted by molar-refractivity contribution is 9.11. The number of hydrogen-bond donors (Lipinski definition) is 2. The second-order valence-corrected chi connectivity index (χ2v) is 17.2. The van der Waals surface area contributed by atoms with Gasteiger partial charge in [-0.3, -0.25) is 19.7 Å². The molecular formula is C37H45BrN8O4S2. The van der Waals surface area contributed by atoms with E-state index in [2.05, 4.69) is 50.6 Å². The molecule has 6 rings (SSSR count). The molecule has 1 saturated heterocycles. The lowest BCUT2D eigenvalue weighted by Crippen LogP contribution is -2.47. The fourth-order valence-electron chi connectivity index (χ4n) is 6.54. The van der Waals surface area contributed by atoms with E-state index in [0.29, 0.717) is 16.7 Å². The number of sulfonamides is 1. The fraction of sp³-hybridized carbons (Fsp3) is 0.405. The second kappa shape index (κ2) is 17.4. The highest BCUT2D eigenvalue weighted by Gasteiger charge is 2.25. The molecule has 1 atom stereocenters. The average Bonchev–Trinajstić information content (AvgIpc) is 3.14. The molecule has 15 heteroatoms. The first-order valence-corrected chi connectivity index (χ1v) is 20.8. The minimum Gasteiger partial charge on any atom is -0.376 e. The van der Waals surface area contributed by atoms with Crippen LogP contribution in [0.4, 0.5) is 22.9 Å². The maximum Gasteiger partial charge on any atom is 0.293 e. The van der Waals surface area contributed by atoms with Crippen LogP contribution in [0.3, 0.4) is 0 Å². The van der Waals surface area contributed by atoms with Crippen molar-refractivity contribution in [2.45, 2.75) is 47.9 Å². The molecule has 2 N–H and O–H groups in total. The summed E-state index contributed by atoms with van der Waals surface area (Å²) in [6, 6.07) is 19.6. The first-order chi connectivity index (χ1) is 25.1. The van der Waals surface area contributed by atoms with Crippen molar-refractivity contribution in [3.63, 3.8) is 0 Å². The van der Waals surface area contributed by atoms with Crippen molar-refractivity contribution >= 4 is 71.5 Å². The largest absolute Gasteiger partial charge is 0.376 e. The summed E-state index contributed by atoms with van der Waals surface area (Å²) in [6.07, 6.45) is 6.90. The van der Waals surface area contributed by atoms with E-state index in [9.17, 15) is 18.5 Å². The number of nitrogens with zero attached hydrogens (tertiary/aromatic N) is 6. The van der Waals surface area contributed by atoms with Gasteiger partial charge in [-0.25, -0.2) is 18.4 Å². The number of allylic oxidation sites excluding steroid dienone is 1. The van der Waals surface area contributed by atoms with Crippen LogP contribution in [0.25, 0.3) is 10.9 Å². The Hall–Kier alpha value is -3.76. The van der Waals surface area contributed by atoms with Crippen LogP contribution >= 0.6 is 27.7 Å². The van der Waals surface area contributed by atoms with E-state index in [1.54, 1.807) is 11.8 Å². The topological polar surface area (TPSA) is 137 Å². The Balaban J connectivity index is 1.15. The smallest absolute Gasteiger partial charge is 0.293 e. The van der Waals surface area contributed by atoms with E-state index in [0.717, 1.165) is 68.8 Å². The number of rotatable bonds is 15. The monoisotopic (exact) mass is 808 g/mol. The summed E-state index contributed by atoms with van der Waals surface area (Å²) in [6.45, 7) is 5.47. The minimum atomic E-state index is -4.23. The van der Waals surface area contributed by atoms with Gasteiger partial charge in [-0.1, -0.05) is 34.1 Å². The maximum atomic E-state index is 13.7. The van der Waals surface area contributed by atoms with Crippen LogP contribution in [0.2, 0.25) is 0 Å². The summed E-state index contributed by atoms with van der Waals surface area (Å²) in [5, 5.41) is 16.1. The van der Waals surface area contributed by atoms with Gasteiger partial charge in [-0.15, -0.1) is 11.8 Å². The van der Waals surface area contributed by atoms with E-state index in [1.165, 1.54) is 47.8 Å². The summed E-state index contributed by atoms with van der Waals surface area (Å²) >= 11 is 5.45. The van der Waals surface area contributed by atoms with Crippen LogP contribution < -0.4 is 14.9 Å². The third-order valence-electron chi connectivity index (χ3n) is 9.47. The van der Waals surface area contributed by atoms with Crippen molar-refractivity contribution in [2.75, 3.05) is 74.1 Å². The second-order valence-electron chi connectivity index (χ2n) is 13.5. The van der Waals surface area contributed by atoms with Crippen molar-refractivity contribution in [3.05, 3.63) is 93.2 Å². The van der Waals surface area contributed by atoms with Crippen LogP contribution in [-0.4, -0.2) is 98.3 Å². The molecule has 1 fully saturated rings. The molecular weight excluding hydrogens is 764 g/mol. The molecule has 1 aliphatic heterocycles. The molecule has 1 aliphatic carbocycles. The van der Waals surface area contributed by atoms with E-state index in [-0.39, 0.29) is 28.1 Å². The van der Waals surface area contributed by atoms with Crippen LogP contribution in [-0.2, 0) is 10.0 Å². The number of benzene rings is 3. The molecule has 0 bridgehead atoms. The number of anilines is 3. The first kappa shape index (κ1) is 38.0. The Morgan fingerprint density at radius 1 is 1.00 bits per heavy atom. The Morgan fingerprint density at radius 2 is 1.77 bits per heavy atom. The molecule has 0 amide bonds. The van der Waals surface area contributed by atoms with Gasteiger partial charge in [0.15, 0.2) is 5.82 Å². The Morgan fingerprint density at radius 3 is 2.50 bits per heavy atom. The lowest BCUT2D eigenvalue weighted by molar-refractivity contribution is -0.384. The predicted octanol–water partition coefficient (Wildman–Crippen LogP) is 7.21. The van der Waals surface area contributed by atoms with Crippen molar-refractivity contribution < 1.29 is 13.3 Å². The van der Waals surface area contributed by atoms with Gasteiger partial charge < -0.3 is 15.1 Å². The highest BCUT2D eigenvalue weighted by atomic mass is 79.9. The Labute approximate surface area is 318 Å². The third kappa shape index (κ3) is 9.81. The number of hydrogen-bond acceptors (Lipinski definition) is 11. The number of piperazine rings is 1. The number of nitrogens with one attached hydrogen (secondary N) is 2. The molecule has 0 radical (unpaired) electrons. The van der Waals surface area contributed by atoms with E-state index >= 15 is 0 Å². The van der Waals surface area contributed by atoms with Crippen LogP contribution in [0, 0.1) is 10.1 Å². The Bertz CT molecular complexity index is 2010. The maximum absolute atomic E-state index is 13.7. The van der Waals surface area contributed by atoms with Crippen LogP contribution in [0.15, 0.2) is 92.9 Å². The quantitative estimate of drug-likeness (QED) is 0.0717. The van der Waals surface area contributed by atoms with Gasteiger partial charge >= 0.3 is 0 Å². The molecule has 4 aromatic rings. The normalized spacial score (nSPS) is 16.3. The number of aromatic nitrogens is 2. The molecule has 0 spiro atoms. The predicted molar refractivity (Wildman–Crippen MR) is 214 cm³/mol. The molecule has 1 unspecified atom stereocenters. The molecule has 0 saturated carbocycles. The summed E-state index contributed by atoms with van der Waals surface area (Å²) in [4.78, 5) is 28.1. The molecule has 12 nitrogen and oxygen atoms in total. The lowest BCUT2D eigenvalue weighted by Gasteiger charge is -2.37. The third-order valence-corrected chi connectivity index (χ3v) is 12.9.